The monoisotopic (exact) mass is 612 g/mol. The van der Waals surface area contributed by atoms with E-state index in [9.17, 15) is 57.1 Å². The van der Waals surface area contributed by atoms with Crippen LogP contribution in [0.2, 0.25) is 0 Å². The quantitative estimate of drug-likeness (QED) is 0.104. The zero-order valence-electron chi connectivity index (χ0n) is 16.7. The molecule has 0 atom stereocenters. The van der Waals surface area contributed by atoms with Gasteiger partial charge >= 0.3 is 35.8 Å². The molecule has 0 saturated carbocycles. The van der Waals surface area contributed by atoms with E-state index in [1.54, 1.807) is 0 Å². The van der Waals surface area contributed by atoms with E-state index in [-0.39, 0.29) is 12.8 Å². The molecule has 0 rings (SSSR count). The Morgan fingerprint density at radius 2 is 0.938 bits per heavy atom. The van der Waals surface area contributed by atoms with Gasteiger partial charge in [-0.2, -0.15) is 57.1 Å². The average molecular weight is 612 g/mol. The summed E-state index contributed by atoms with van der Waals surface area (Å²) < 4.78 is 169. The minimum Gasteiger partial charge on any atom is -0.195 e. The van der Waals surface area contributed by atoms with Gasteiger partial charge in [-0.3, -0.25) is 0 Å². The van der Waals surface area contributed by atoms with E-state index in [1.807, 2.05) is 6.92 Å². The van der Waals surface area contributed by atoms with Crippen molar-refractivity contribution in [3.63, 3.8) is 0 Å². The highest BCUT2D eigenvalue weighted by molar-refractivity contribution is 14.1. The smallest absolute Gasteiger partial charge is 0.195 e. The van der Waals surface area contributed by atoms with Crippen LogP contribution in [-0.2, 0) is 0 Å². The van der Waals surface area contributed by atoms with Gasteiger partial charge in [-0.15, -0.1) is 0 Å². The minimum atomic E-state index is -7.86. The molecular formula is C18H22F13I. The van der Waals surface area contributed by atoms with Gasteiger partial charge in [0.2, 0.25) is 0 Å². The van der Waals surface area contributed by atoms with Crippen LogP contribution in [-0.4, -0.2) is 35.8 Å². The van der Waals surface area contributed by atoms with E-state index in [0.29, 0.717) is 12.8 Å². The van der Waals surface area contributed by atoms with Crippen LogP contribution in [0.25, 0.3) is 0 Å². The van der Waals surface area contributed by atoms with E-state index in [4.69, 9.17) is 0 Å². The molecule has 192 valence electrons. The van der Waals surface area contributed by atoms with Gasteiger partial charge < -0.3 is 0 Å². The second-order valence-corrected chi connectivity index (χ2v) is 8.62. The van der Waals surface area contributed by atoms with Crippen LogP contribution in [0.3, 0.4) is 0 Å². The Kier molecular flexibility index (Phi) is 11.2. The molecule has 0 bridgehead atoms. The number of unbranched alkanes of at least 4 members (excludes halogenated alkanes) is 7. The molecule has 0 aromatic carbocycles. The standard InChI is InChI=1S/C18H22F13I/c1-2-3-4-5-6-7-8-9-10-12(32)11-13(19,20)14(21,22)15(23,24)16(25,26)17(27,28)18(29,30)31/h11H,2-10H2,1H3. The Hall–Kier alpha value is -0.440. The molecule has 0 unspecified atom stereocenters. The van der Waals surface area contributed by atoms with Crippen molar-refractivity contribution in [3.8, 4) is 0 Å². The molecule has 14 heteroatoms. The first-order chi connectivity index (χ1) is 14.2. The van der Waals surface area contributed by atoms with E-state index in [1.165, 1.54) is 0 Å². The molecule has 0 N–H and O–H groups in total. The van der Waals surface area contributed by atoms with Crippen molar-refractivity contribution in [2.24, 2.45) is 0 Å². The Balaban J connectivity index is 5.37. The lowest BCUT2D eigenvalue weighted by atomic mass is 9.93. The van der Waals surface area contributed by atoms with Gasteiger partial charge in [0.05, 0.1) is 0 Å². The van der Waals surface area contributed by atoms with Crippen molar-refractivity contribution in [3.05, 3.63) is 9.66 Å². The maximum Gasteiger partial charge on any atom is 0.460 e. The first kappa shape index (κ1) is 31.6. The van der Waals surface area contributed by atoms with Crippen molar-refractivity contribution in [1.29, 1.82) is 0 Å². The fourth-order valence-corrected chi connectivity index (χ4v) is 3.34. The van der Waals surface area contributed by atoms with Crippen LogP contribution in [0.15, 0.2) is 9.66 Å². The van der Waals surface area contributed by atoms with E-state index < -0.39 is 45.4 Å². The molecule has 0 nitrogen and oxygen atoms in total. The molecule has 0 aliphatic rings. The zero-order chi connectivity index (χ0) is 25.6. The first-order valence-electron chi connectivity index (χ1n) is 9.53. The SMILES string of the molecule is CCCCCCCCCCC(I)=CC(F)(F)C(F)(F)C(F)(F)C(F)(F)C(F)(F)C(F)(F)F. The Bertz CT molecular complexity index is 608. The summed E-state index contributed by atoms with van der Waals surface area (Å²) in [6.07, 6.45) is -2.51. The van der Waals surface area contributed by atoms with Gasteiger partial charge in [0.25, 0.3) is 0 Å². The number of hydrogen-bond acceptors (Lipinski definition) is 0. The summed E-state index contributed by atoms with van der Waals surface area (Å²) >= 11 is 1.05. The molecule has 0 amide bonds. The highest BCUT2D eigenvalue weighted by Gasteiger charge is 2.90. The van der Waals surface area contributed by atoms with Crippen molar-refractivity contribution >= 4 is 22.6 Å². The van der Waals surface area contributed by atoms with Gasteiger partial charge in [-0.25, -0.2) is 0 Å². The van der Waals surface area contributed by atoms with Crippen molar-refractivity contribution in [1.82, 2.24) is 0 Å². The summed E-state index contributed by atoms with van der Waals surface area (Å²) in [6.45, 7) is 2.01. The first-order valence-corrected chi connectivity index (χ1v) is 10.6. The minimum absolute atomic E-state index is 0.156. The zero-order valence-corrected chi connectivity index (χ0v) is 18.9. The van der Waals surface area contributed by atoms with Gasteiger partial charge in [0.1, 0.15) is 0 Å². The molecule has 0 radical (unpaired) electrons. The molecule has 0 fully saturated rings. The molecule has 0 spiro atoms. The highest BCUT2D eigenvalue weighted by Crippen LogP contribution is 2.60. The van der Waals surface area contributed by atoms with Crippen LogP contribution in [0.5, 0.6) is 0 Å². The summed E-state index contributed by atoms with van der Waals surface area (Å²) in [5.41, 5.74) is 0. The largest absolute Gasteiger partial charge is 0.460 e. The predicted molar refractivity (Wildman–Crippen MR) is 100 cm³/mol. The maximum absolute atomic E-state index is 13.7. The van der Waals surface area contributed by atoms with Crippen molar-refractivity contribution in [2.45, 2.75) is 101 Å². The molecule has 0 aromatic heterocycles. The summed E-state index contributed by atoms with van der Waals surface area (Å²) in [6, 6.07) is 0. The summed E-state index contributed by atoms with van der Waals surface area (Å²) in [5.74, 6) is -36.7. The van der Waals surface area contributed by atoms with Gasteiger partial charge in [-0.05, 0) is 39.0 Å². The third-order valence-corrected chi connectivity index (χ3v) is 5.42. The van der Waals surface area contributed by atoms with Crippen LogP contribution in [0, 0.1) is 0 Å². The number of hydrogen-bond donors (Lipinski definition) is 0. The van der Waals surface area contributed by atoms with E-state index in [0.717, 1.165) is 54.7 Å². The number of halogens is 14. The lowest BCUT2D eigenvalue weighted by Crippen LogP contribution is -2.69. The number of allylic oxidation sites excluding steroid dienone is 2. The lowest BCUT2D eigenvalue weighted by molar-refractivity contribution is -0.436. The third-order valence-electron chi connectivity index (χ3n) is 4.56. The molecular weight excluding hydrogens is 590 g/mol. The molecule has 0 heterocycles. The lowest BCUT2D eigenvalue weighted by Gasteiger charge is -2.39. The molecule has 0 saturated heterocycles. The molecule has 0 aliphatic heterocycles. The van der Waals surface area contributed by atoms with Crippen molar-refractivity contribution < 1.29 is 57.1 Å². The summed E-state index contributed by atoms with van der Waals surface area (Å²) in [4.78, 5) is 0. The van der Waals surface area contributed by atoms with Gasteiger partial charge in [0.15, 0.2) is 0 Å². The second-order valence-electron chi connectivity index (χ2n) is 7.23. The van der Waals surface area contributed by atoms with Crippen LogP contribution in [0.1, 0.15) is 64.7 Å². The van der Waals surface area contributed by atoms with E-state index in [2.05, 4.69) is 0 Å². The fourth-order valence-electron chi connectivity index (χ4n) is 2.57. The normalized spacial score (nSPS) is 15.4. The number of rotatable bonds is 14. The Morgan fingerprint density at radius 1 is 0.562 bits per heavy atom. The fraction of sp³-hybridized carbons (Fsp3) is 0.889. The molecule has 0 aromatic rings. The molecule has 32 heavy (non-hydrogen) atoms. The van der Waals surface area contributed by atoms with Gasteiger partial charge in [-0.1, -0.05) is 51.9 Å². The second kappa shape index (κ2) is 11.3. The Labute approximate surface area is 190 Å². The van der Waals surface area contributed by atoms with Crippen molar-refractivity contribution in [2.75, 3.05) is 0 Å². The van der Waals surface area contributed by atoms with Gasteiger partial charge in [0, 0.05) is 6.08 Å². The predicted octanol–water partition coefficient (Wildman–Crippen LogP) is 9.57. The van der Waals surface area contributed by atoms with Crippen LogP contribution >= 0.6 is 22.6 Å². The number of alkyl halides is 13. The average Bonchev–Trinajstić information content (AvgIpc) is 2.61. The maximum atomic E-state index is 13.7. The van der Waals surface area contributed by atoms with Crippen LogP contribution in [0.4, 0.5) is 57.1 Å². The molecule has 0 aliphatic carbocycles. The topological polar surface area (TPSA) is 0 Å². The summed E-state index contributed by atoms with van der Waals surface area (Å²) in [5, 5.41) is 0. The van der Waals surface area contributed by atoms with Crippen LogP contribution < -0.4 is 0 Å². The third kappa shape index (κ3) is 6.80. The Morgan fingerprint density at radius 3 is 1.34 bits per heavy atom. The highest BCUT2D eigenvalue weighted by atomic mass is 127. The van der Waals surface area contributed by atoms with E-state index >= 15 is 0 Å². The summed E-state index contributed by atoms with van der Waals surface area (Å²) in [7, 11) is 0.